The number of carbonyl (C=O) groups is 2. The van der Waals surface area contributed by atoms with Crippen molar-refractivity contribution in [3.8, 4) is 28.7 Å². The minimum atomic E-state index is -5.01. The number of benzene rings is 2. The molecular weight excluding hydrogens is 549 g/mol. The molecule has 3 rings (SSSR count). The molecule has 0 fully saturated rings. The van der Waals surface area contributed by atoms with E-state index in [2.05, 4.69) is 19.8 Å². The second-order valence-electron chi connectivity index (χ2n) is 8.85. The molecule has 1 heterocycles. The van der Waals surface area contributed by atoms with Gasteiger partial charge in [0, 0.05) is 11.4 Å². The van der Waals surface area contributed by atoms with Gasteiger partial charge in [-0.25, -0.2) is 9.37 Å². The van der Waals surface area contributed by atoms with E-state index in [4.69, 9.17) is 15.2 Å². The third kappa shape index (κ3) is 8.25. The van der Waals surface area contributed by atoms with Crippen molar-refractivity contribution in [3.05, 3.63) is 65.7 Å². The maximum atomic E-state index is 15.3. The minimum absolute atomic E-state index is 0.0362. The van der Waals surface area contributed by atoms with Crippen LogP contribution >= 0.6 is 0 Å². The number of halogens is 6. The summed E-state index contributed by atoms with van der Waals surface area (Å²) in [6, 6.07) is 6.85. The van der Waals surface area contributed by atoms with Crippen LogP contribution in [0.5, 0.6) is 28.7 Å². The SMILES string of the molecule is BC(B)(B)Oc1cc(OC(F)(F)F)ccc1Oc1ccc(OC(F)F)c(F)c1C(=O)Nc1ccc(C(N)=O)nc1. The van der Waals surface area contributed by atoms with Crippen LogP contribution in [0, 0.1) is 5.82 Å². The van der Waals surface area contributed by atoms with Gasteiger partial charge < -0.3 is 30.0 Å². The lowest BCUT2D eigenvalue weighted by Crippen LogP contribution is -2.37. The van der Waals surface area contributed by atoms with Crippen molar-refractivity contribution in [3.63, 3.8) is 0 Å². The number of nitrogens with one attached hydrogen (secondary N) is 1. The lowest BCUT2D eigenvalue weighted by Gasteiger charge is -2.24. The Bertz CT molecular complexity index is 1400. The highest BCUT2D eigenvalue weighted by atomic mass is 19.4. The number of hydrogen-bond acceptors (Lipinski definition) is 7. The van der Waals surface area contributed by atoms with Crippen LogP contribution in [0.3, 0.4) is 0 Å². The summed E-state index contributed by atoms with van der Waals surface area (Å²) >= 11 is 0. The largest absolute Gasteiger partial charge is 0.573 e. The van der Waals surface area contributed by atoms with Crippen LogP contribution in [0.2, 0.25) is 0 Å². The van der Waals surface area contributed by atoms with Crippen molar-refractivity contribution in [1.29, 1.82) is 0 Å². The van der Waals surface area contributed by atoms with Gasteiger partial charge in [-0.2, -0.15) is 8.78 Å². The first-order chi connectivity index (χ1) is 18.5. The van der Waals surface area contributed by atoms with E-state index in [-0.39, 0.29) is 22.9 Å². The molecule has 0 radical (unpaired) electrons. The van der Waals surface area contributed by atoms with Gasteiger partial charge in [-0.15, -0.1) is 13.2 Å². The predicted molar refractivity (Wildman–Crippen MR) is 136 cm³/mol. The zero-order chi connectivity index (χ0) is 29.8. The Balaban J connectivity index is 2.05. The number of anilines is 1. The monoisotopic (exact) mass is 567 g/mol. The topological polar surface area (TPSA) is 122 Å². The summed E-state index contributed by atoms with van der Waals surface area (Å²) in [4.78, 5) is 28.0. The van der Waals surface area contributed by atoms with E-state index in [0.717, 1.165) is 36.5 Å². The Morgan fingerprint density at radius 3 is 2.12 bits per heavy atom. The van der Waals surface area contributed by atoms with Gasteiger partial charge in [0.25, 0.3) is 11.8 Å². The summed E-state index contributed by atoms with van der Waals surface area (Å²) in [7, 11) is 4.75. The standard InChI is InChI=1S/C22H18B3F6N3O6/c23-21(24,25)40-15-7-10(39-22(29,30)31)2-4-12(15)37-13-5-6-14(38-20(27)28)17(26)16(13)19(36)34-9-1-3-11(18(32)35)33-8-9/h1-8,20H,23-25H2,(H2,32,35)(H,34,36). The number of ether oxygens (including phenoxy) is 4. The fourth-order valence-electron chi connectivity index (χ4n) is 3.13. The highest BCUT2D eigenvalue weighted by Gasteiger charge is 2.32. The molecule has 2 aromatic carbocycles. The molecule has 0 saturated carbocycles. The fourth-order valence-corrected chi connectivity index (χ4v) is 3.13. The maximum Gasteiger partial charge on any atom is 0.573 e. The molecule has 1 aromatic heterocycles. The smallest absolute Gasteiger partial charge is 0.510 e. The van der Waals surface area contributed by atoms with Gasteiger partial charge in [-0.3, -0.25) is 9.59 Å². The summed E-state index contributed by atoms with van der Waals surface area (Å²) in [5, 5.41) is 1.31. The summed E-state index contributed by atoms with van der Waals surface area (Å²) in [5.41, 5.74) is 4.03. The summed E-state index contributed by atoms with van der Waals surface area (Å²) in [5.74, 6) is -6.33. The van der Waals surface area contributed by atoms with Crippen molar-refractivity contribution < 1.29 is 54.9 Å². The number of amides is 2. The van der Waals surface area contributed by atoms with Crippen molar-refractivity contribution >= 4 is 41.0 Å². The molecule has 0 aliphatic carbocycles. The second kappa shape index (κ2) is 11.7. The number of nitrogens with two attached hydrogens (primary N) is 1. The van der Waals surface area contributed by atoms with Crippen LogP contribution in [0.4, 0.5) is 32.0 Å². The molecule has 0 aliphatic rings. The number of nitrogens with zero attached hydrogens (tertiary/aromatic N) is 1. The van der Waals surface area contributed by atoms with Crippen LogP contribution in [-0.4, -0.2) is 58.6 Å². The average molecular weight is 567 g/mol. The lowest BCUT2D eigenvalue weighted by molar-refractivity contribution is -0.274. The second-order valence-corrected chi connectivity index (χ2v) is 8.85. The van der Waals surface area contributed by atoms with Gasteiger partial charge >= 0.3 is 13.0 Å². The number of pyridine rings is 1. The summed E-state index contributed by atoms with van der Waals surface area (Å²) in [6.45, 7) is -3.43. The van der Waals surface area contributed by atoms with E-state index in [9.17, 15) is 31.5 Å². The van der Waals surface area contributed by atoms with Crippen molar-refractivity contribution in [2.24, 2.45) is 5.73 Å². The van der Waals surface area contributed by atoms with Crippen LogP contribution in [0.15, 0.2) is 48.7 Å². The van der Waals surface area contributed by atoms with Crippen LogP contribution in [0.25, 0.3) is 0 Å². The van der Waals surface area contributed by atoms with Gasteiger partial charge in [0.2, 0.25) is 0 Å². The van der Waals surface area contributed by atoms with E-state index >= 15 is 4.39 Å². The van der Waals surface area contributed by atoms with Gasteiger partial charge in [-0.05, 0) is 36.4 Å². The summed E-state index contributed by atoms with van der Waals surface area (Å²) < 4.78 is 98.5. The minimum Gasteiger partial charge on any atom is -0.510 e. The normalized spacial score (nSPS) is 11.6. The van der Waals surface area contributed by atoms with E-state index in [1.54, 1.807) is 23.5 Å². The fraction of sp³-hybridized carbons (Fsp3) is 0.136. The van der Waals surface area contributed by atoms with Crippen LogP contribution in [0.1, 0.15) is 20.8 Å². The van der Waals surface area contributed by atoms with E-state index in [0.29, 0.717) is 0 Å². The highest BCUT2D eigenvalue weighted by Crippen LogP contribution is 2.40. The Kier molecular flexibility index (Phi) is 8.80. The maximum absolute atomic E-state index is 15.3. The number of alkyl halides is 5. The first-order valence-electron chi connectivity index (χ1n) is 11.1. The summed E-state index contributed by atoms with van der Waals surface area (Å²) in [6.07, 6.45) is -3.98. The molecule has 3 aromatic rings. The molecule has 0 saturated heterocycles. The first-order valence-corrected chi connectivity index (χ1v) is 11.1. The number of carbonyl (C=O) groups excluding carboxylic acids is 2. The number of aromatic nitrogens is 1. The Morgan fingerprint density at radius 2 is 1.57 bits per heavy atom. The molecule has 18 heteroatoms. The van der Waals surface area contributed by atoms with E-state index in [1.807, 2.05) is 0 Å². The van der Waals surface area contributed by atoms with Gasteiger partial charge in [0.1, 0.15) is 46.3 Å². The van der Waals surface area contributed by atoms with Crippen molar-refractivity contribution in [1.82, 2.24) is 4.98 Å². The lowest BCUT2D eigenvalue weighted by atomic mass is 9.52. The molecule has 3 N–H and O–H groups in total. The third-order valence-electron chi connectivity index (χ3n) is 4.57. The molecule has 0 aliphatic heterocycles. The molecule has 208 valence electrons. The number of rotatable bonds is 10. The first kappa shape index (κ1) is 30.1. The molecule has 0 spiro atoms. The molecular formula is C22H18B3F6N3O6. The highest BCUT2D eigenvalue weighted by molar-refractivity contribution is 6.58. The molecule has 9 nitrogen and oxygen atoms in total. The molecule has 0 unspecified atom stereocenters. The Morgan fingerprint density at radius 1 is 0.925 bits per heavy atom. The zero-order valence-corrected chi connectivity index (χ0v) is 20.9. The van der Waals surface area contributed by atoms with E-state index < -0.39 is 58.7 Å². The number of primary amides is 1. The average Bonchev–Trinajstić information content (AvgIpc) is 2.80. The quantitative estimate of drug-likeness (QED) is 0.283. The molecule has 40 heavy (non-hydrogen) atoms. The Hall–Kier alpha value is -4.50. The van der Waals surface area contributed by atoms with Gasteiger partial charge in [0.15, 0.2) is 23.1 Å². The predicted octanol–water partition coefficient (Wildman–Crippen LogP) is 1.75. The molecule has 0 atom stereocenters. The van der Waals surface area contributed by atoms with Gasteiger partial charge in [0.05, 0.1) is 11.9 Å². The molecule has 2 amide bonds. The number of hydrogen-bond donors (Lipinski definition) is 2. The zero-order valence-electron chi connectivity index (χ0n) is 20.9. The van der Waals surface area contributed by atoms with Gasteiger partial charge in [-0.1, -0.05) is 0 Å². The Labute approximate surface area is 225 Å². The van der Waals surface area contributed by atoms with Crippen LogP contribution in [-0.2, 0) is 0 Å². The third-order valence-corrected chi connectivity index (χ3v) is 4.57. The van der Waals surface area contributed by atoms with Crippen molar-refractivity contribution in [2.75, 3.05) is 5.32 Å². The van der Waals surface area contributed by atoms with E-state index in [1.165, 1.54) is 12.1 Å². The van der Waals surface area contributed by atoms with Crippen LogP contribution < -0.4 is 30.0 Å². The molecule has 0 bridgehead atoms. The van der Waals surface area contributed by atoms with Crippen molar-refractivity contribution in [2.45, 2.75) is 18.3 Å².